The SMILES string of the molecule is O=C(NCCCC(=O)N1CCOC(c2ccc(F)cc2)C1)c1ccsc1. The van der Waals surface area contributed by atoms with E-state index in [0.29, 0.717) is 44.6 Å². The number of ether oxygens (including phenoxy) is 1. The van der Waals surface area contributed by atoms with E-state index in [-0.39, 0.29) is 23.7 Å². The van der Waals surface area contributed by atoms with Gasteiger partial charge in [-0.3, -0.25) is 9.59 Å². The van der Waals surface area contributed by atoms with Crippen molar-refractivity contribution in [1.29, 1.82) is 0 Å². The molecule has 2 heterocycles. The van der Waals surface area contributed by atoms with E-state index in [0.717, 1.165) is 5.56 Å². The zero-order valence-corrected chi connectivity index (χ0v) is 15.1. The first-order chi connectivity index (χ1) is 12.6. The van der Waals surface area contributed by atoms with Crippen molar-refractivity contribution in [2.45, 2.75) is 18.9 Å². The van der Waals surface area contributed by atoms with Gasteiger partial charge in [-0.1, -0.05) is 12.1 Å². The number of nitrogens with zero attached hydrogens (tertiary/aromatic N) is 1. The maximum atomic E-state index is 13.0. The van der Waals surface area contributed by atoms with Crippen LogP contribution < -0.4 is 5.32 Å². The maximum absolute atomic E-state index is 13.0. The number of carbonyl (C=O) groups excluding carboxylic acids is 2. The molecule has 138 valence electrons. The molecular formula is C19H21FN2O3S. The average molecular weight is 376 g/mol. The molecule has 3 rings (SSSR count). The number of hydrogen-bond acceptors (Lipinski definition) is 4. The summed E-state index contributed by atoms with van der Waals surface area (Å²) >= 11 is 1.48. The molecule has 1 atom stereocenters. The molecule has 1 aromatic carbocycles. The van der Waals surface area contributed by atoms with E-state index in [1.165, 1.54) is 23.5 Å². The van der Waals surface area contributed by atoms with Gasteiger partial charge in [0.05, 0.1) is 13.2 Å². The smallest absolute Gasteiger partial charge is 0.252 e. The van der Waals surface area contributed by atoms with Crippen LogP contribution in [0.4, 0.5) is 4.39 Å². The summed E-state index contributed by atoms with van der Waals surface area (Å²) < 4.78 is 18.8. The zero-order chi connectivity index (χ0) is 18.4. The molecule has 0 spiro atoms. The molecular weight excluding hydrogens is 355 g/mol. The second-order valence-corrected chi connectivity index (χ2v) is 6.90. The fraction of sp³-hybridized carbons (Fsp3) is 0.368. The first-order valence-electron chi connectivity index (χ1n) is 8.59. The number of rotatable bonds is 6. The van der Waals surface area contributed by atoms with Crippen molar-refractivity contribution in [3.63, 3.8) is 0 Å². The summed E-state index contributed by atoms with van der Waals surface area (Å²) in [6.07, 6.45) is 0.736. The topological polar surface area (TPSA) is 58.6 Å². The Morgan fingerprint density at radius 2 is 2.08 bits per heavy atom. The number of thiophene rings is 1. The Morgan fingerprint density at radius 3 is 2.81 bits per heavy atom. The fourth-order valence-electron chi connectivity index (χ4n) is 2.85. The van der Waals surface area contributed by atoms with Gasteiger partial charge in [0.15, 0.2) is 0 Å². The molecule has 1 saturated heterocycles. The third-order valence-corrected chi connectivity index (χ3v) is 4.98. The normalized spacial score (nSPS) is 17.1. The Balaban J connectivity index is 1.42. The van der Waals surface area contributed by atoms with Crippen LogP contribution in [0, 0.1) is 5.82 Å². The fourth-order valence-corrected chi connectivity index (χ4v) is 3.49. The monoisotopic (exact) mass is 376 g/mol. The van der Waals surface area contributed by atoms with Gasteiger partial charge in [-0.05, 0) is 35.6 Å². The number of morpholine rings is 1. The molecule has 1 N–H and O–H groups in total. The van der Waals surface area contributed by atoms with Crippen molar-refractivity contribution in [2.75, 3.05) is 26.2 Å². The molecule has 0 aliphatic carbocycles. The van der Waals surface area contributed by atoms with Gasteiger partial charge < -0.3 is 15.0 Å². The first-order valence-corrected chi connectivity index (χ1v) is 9.53. The van der Waals surface area contributed by atoms with E-state index < -0.39 is 0 Å². The minimum Gasteiger partial charge on any atom is -0.370 e. The largest absolute Gasteiger partial charge is 0.370 e. The summed E-state index contributed by atoms with van der Waals surface area (Å²) in [5.74, 6) is -0.353. The van der Waals surface area contributed by atoms with Crippen LogP contribution in [0.1, 0.15) is 34.9 Å². The van der Waals surface area contributed by atoms with Crippen molar-refractivity contribution in [2.24, 2.45) is 0 Å². The quantitative estimate of drug-likeness (QED) is 0.789. The lowest BCUT2D eigenvalue weighted by molar-refractivity contribution is -0.139. The molecule has 1 aliphatic rings. The molecule has 1 unspecified atom stereocenters. The van der Waals surface area contributed by atoms with E-state index in [1.54, 1.807) is 28.5 Å². The average Bonchev–Trinajstić information content (AvgIpc) is 3.20. The highest BCUT2D eigenvalue weighted by molar-refractivity contribution is 7.08. The lowest BCUT2D eigenvalue weighted by atomic mass is 10.1. The maximum Gasteiger partial charge on any atom is 0.252 e. The number of benzene rings is 1. The summed E-state index contributed by atoms with van der Waals surface area (Å²) in [5.41, 5.74) is 1.52. The Kier molecular flexibility index (Phi) is 6.35. The van der Waals surface area contributed by atoms with Crippen LogP contribution in [0.3, 0.4) is 0 Å². The van der Waals surface area contributed by atoms with Crippen molar-refractivity contribution in [1.82, 2.24) is 10.2 Å². The highest BCUT2D eigenvalue weighted by atomic mass is 32.1. The van der Waals surface area contributed by atoms with Gasteiger partial charge in [0.2, 0.25) is 5.91 Å². The third-order valence-electron chi connectivity index (χ3n) is 4.30. The summed E-state index contributed by atoms with van der Waals surface area (Å²) in [4.78, 5) is 26.0. The summed E-state index contributed by atoms with van der Waals surface area (Å²) in [7, 11) is 0. The van der Waals surface area contributed by atoms with Crippen molar-refractivity contribution >= 4 is 23.2 Å². The molecule has 0 bridgehead atoms. The molecule has 1 aliphatic heterocycles. The van der Waals surface area contributed by atoms with Crippen LogP contribution in [0.5, 0.6) is 0 Å². The minimum atomic E-state index is -0.290. The molecule has 5 nitrogen and oxygen atoms in total. The first kappa shape index (κ1) is 18.5. The Hall–Kier alpha value is -2.25. The van der Waals surface area contributed by atoms with Crippen molar-refractivity contribution < 1.29 is 18.7 Å². The van der Waals surface area contributed by atoms with Gasteiger partial charge in [0.25, 0.3) is 5.91 Å². The molecule has 26 heavy (non-hydrogen) atoms. The van der Waals surface area contributed by atoms with E-state index in [2.05, 4.69) is 5.32 Å². The Morgan fingerprint density at radius 1 is 1.27 bits per heavy atom. The van der Waals surface area contributed by atoms with Crippen LogP contribution in [0.25, 0.3) is 0 Å². The van der Waals surface area contributed by atoms with Crippen molar-refractivity contribution in [3.05, 3.63) is 58.0 Å². The Labute approximate surface area is 155 Å². The van der Waals surface area contributed by atoms with Gasteiger partial charge in [0, 0.05) is 30.5 Å². The second kappa shape index (κ2) is 8.91. The standard InChI is InChI=1S/C19H21FN2O3S/c20-16-5-3-14(4-6-16)17-12-22(9-10-25-17)18(23)2-1-8-21-19(24)15-7-11-26-13-15/h3-7,11,13,17H,1-2,8-10,12H2,(H,21,24). The van der Waals surface area contributed by atoms with Gasteiger partial charge in [0.1, 0.15) is 11.9 Å². The van der Waals surface area contributed by atoms with Crippen molar-refractivity contribution in [3.8, 4) is 0 Å². The molecule has 0 radical (unpaired) electrons. The number of hydrogen-bond donors (Lipinski definition) is 1. The highest BCUT2D eigenvalue weighted by Gasteiger charge is 2.25. The van der Waals surface area contributed by atoms with Crippen LogP contribution in [0.15, 0.2) is 41.1 Å². The van der Waals surface area contributed by atoms with Crippen LogP contribution in [0.2, 0.25) is 0 Å². The Bertz CT molecular complexity index is 734. The molecule has 1 aromatic heterocycles. The van der Waals surface area contributed by atoms with Crippen LogP contribution in [-0.4, -0.2) is 43.0 Å². The summed E-state index contributed by atoms with van der Waals surface area (Å²) in [6.45, 7) is 1.94. The highest BCUT2D eigenvalue weighted by Crippen LogP contribution is 2.23. The van der Waals surface area contributed by atoms with Gasteiger partial charge in [-0.15, -0.1) is 0 Å². The van der Waals surface area contributed by atoms with E-state index in [1.807, 2.05) is 5.38 Å². The summed E-state index contributed by atoms with van der Waals surface area (Å²) in [5, 5.41) is 6.47. The molecule has 1 fully saturated rings. The predicted molar refractivity (Wildman–Crippen MR) is 97.6 cm³/mol. The van der Waals surface area contributed by atoms with E-state index in [4.69, 9.17) is 4.74 Å². The van der Waals surface area contributed by atoms with Crippen LogP contribution in [-0.2, 0) is 9.53 Å². The zero-order valence-electron chi connectivity index (χ0n) is 14.3. The minimum absolute atomic E-state index is 0.0465. The lowest BCUT2D eigenvalue weighted by Gasteiger charge is -2.33. The van der Waals surface area contributed by atoms with Gasteiger partial charge in [-0.25, -0.2) is 4.39 Å². The molecule has 7 heteroatoms. The lowest BCUT2D eigenvalue weighted by Crippen LogP contribution is -2.42. The van der Waals surface area contributed by atoms with Crippen LogP contribution >= 0.6 is 11.3 Å². The molecule has 2 amide bonds. The predicted octanol–water partition coefficient (Wildman–Crippen LogP) is 3.00. The van der Waals surface area contributed by atoms with E-state index in [9.17, 15) is 14.0 Å². The van der Waals surface area contributed by atoms with E-state index >= 15 is 0 Å². The number of halogens is 1. The summed E-state index contributed by atoms with van der Waals surface area (Å²) in [6, 6.07) is 7.95. The third kappa shape index (κ3) is 4.89. The molecule has 0 saturated carbocycles. The number of carbonyl (C=O) groups is 2. The number of amides is 2. The van der Waals surface area contributed by atoms with Gasteiger partial charge in [-0.2, -0.15) is 11.3 Å². The second-order valence-electron chi connectivity index (χ2n) is 6.12. The number of nitrogens with one attached hydrogen (secondary N) is 1. The van der Waals surface area contributed by atoms with Gasteiger partial charge >= 0.3 is 0 Å². The molecule has 2 aromatic rings.